The van der Waals surface area contributed by atoms with Crippen molar-refractivity contribution >= 4 is 11.5 Å². The number of nitrogens with one attached hydrogen (secondary N) is 1. The summed E-state index contributed by atoms with van der Waals surface area (Å²) in [6.07, 6.45) is 0.928. The van der Waals surface area contributed by atoms with E-state index < -0.39 is 0 Å². The van der Waals surface area contributed by atoms with Crippen LogP contribution in [0.4, 0.5) is 11.5 Å². The lowest BCUT2D eigenvalue weighted by atomic mass is 10.1. The smallest absolute Gasteiger partial charge is 0.239 e. The molecule has 1 heterocycles. The quantitative estimate of drug-likeness (QED) is 0.757. The first kappa shape index (κ1) is 15.6. The average molecular weight is 267 g/mol. The first-order valence-electron chi connectivity index (χ1n) is 6.73. The summed E-state index contributed by atoms with van der Waals surface area (Å²) >= 11 is 0. The van der Waals surface area contributed by atoms with Gasteiger partial charge in [-0.1, -0.05) is 20.8 Å². The normalized spacial score (nSPS) is 12.5. The molecule has 0 aliphatic carbocycles. The summed E-state index contributed by atoms with van der Waals surface area (Å²) in [6.45, 7) is 7.58. The number of nitrogens with two attached hydrogens (primary N) is 1. The van der Waals surface area contributed by atoms with E-state index in [0.717, 1.165) is 12.2 Å². The molecular weight excluding hydrogens is 242 g/mol. The number of aromatic nitrogens is 1. The molecule has 0 bridgehead atoms. The van der Waals surface area contributed by atoms with E-state index >= 15 is 0 Å². The lowest BCUT2D eigenvalue weighted by Crippen LogP contribution is -2.30. The number of ether oxygens (including phenoxy) is 2. The molecule has 108 valence electrons. The largest absolute Gasteiger partial charge is 0.476 e. The van der Waals surface area contributed by atoms with E-state index in [9.17, 15) is 0 Å². The zero-order chi connectivity index (χ0) is 14.3. The van der Waals surface area contributed by atoms with Crippen LogP contribution < -0.4 is 15.8 Å². The van der Waals surface area contributed by atoms with Crippen LogP contribution in [0.25, 0.3) is 0 Å². The minimum atomic E-state index is 0.208. The molecule has 5 nitrogen and oxygen atoms in total. The Morgan fingerprint density at radius 2 is 2.11 bits per heavy atom. The maximum Gasteiger partial charge on any atom is 0.239 e. The van der Waals surface area contributed by atoms with Crippen LogP contribution in [-0.2, 0) is 4.74 Å². The molecule has 0 spiro atoms. The van der Waals surface area contributed by atoms with Gasteiger partial charge < -0.3 is 20.5 Å². The number of hydrogen-bond acceptors (Lipinski definition) is 5. The average Bonchev–Trinajstić information content (AvgIpc) is 2.38. The monoisotopic (exact) mass is 267 g/mol. The highest BCUT2D eigenvalue weighted by atomic mass is 16.5. The number of pyridine rings is 1. The van der Waals surface area contributed by atoms with Crippen molar-refractivity contribution < 1.29 is 9.47 Å². The van der Waals surface area contributed by atoms with E-state index in [0.29, 0.717) is 30.7 Å². The highest BCUT2D eigenvalue weighted by molar-refractivity contribution is 5.53. The van der Waals surface area contributed by atoms with Gasteiger partial charge in [-0.05, 0) is 24.5 Å². The Morgan fingerprint density at radius 1 is 1.37 bits per heavy atom. The minimum Gasteiger partial charge on any atom is -0.476 e. The van der Waals surface area contributed by atoms with Crippen molar-refractivity contribution in [2.45, 2.75) is 33.2 Å². The van der Waals surface area contributed by atoms with Gasteiger partial charge in [-0.2, -0.15) is 4.98 Å². The highest BCUT2D eigenvalue weighted by Crippen LogP contribution is 2.22. The van der Waals surface area contributed by atoms with E-state index in [1.54, 1.807) is 7.11 Å². The van der Waals surface area contributed by atoms with Crippen LogP contribution in [0.5, 0.6) is 5.88 Å². The maximum atomic E-state index is 5.84. The fourth-order valence-corrected chi connectivity index (χ4v) is 1.62. The Balaban J connectivity index is 2.76. The van der Waals surface area contributed by atoms with Crippen molar-refractivity contribution in [3.8, 4) is 5.88 Å². The number of methoxy groups -OCH3 is 1. The van der Waals surface area contributed by atoms with Crippen LogP contribution in [0.15, 0.2) is 12.1 Å². The number of nitrogens with zero attached hydrogens (tertiary/aromatic N) is 1. The molecule has 0 saturated heterocycles. The topological polar surface area (TPSA) is 69.4 Å². The van der Waals surface area contributed by atoms with Crippen LogP contribution in [0.2, 0.25) is 0 Å². The summed E-state index contributed by atoms with van der Waals surface area (Å²) < 4.78 is 10.7. The Bertz CT molecular complexity index is 383. The molecule has 0 radical (unpaired) electrons. The summed E-state index contributed by atoms with van der Waals surface area (Å²) in [4.78, 5) is 4.40. The summed E-state index contributed by atoms with van der Waals surface area (Å²) in [5.74, 6) is 1.70. The van der Waals surface area contributed by atoms with Gasteiger partial charge in [-0.25, -0.2) is 0 Å². The van der Waals surface area contributed by atoms with E-state index in [-0.39, 0.29) is 6.04 Å². The number of rotatable bonds is 8. The molecule has 1 aromatic heterocycles. The van der Waals surface area contributed by atoms with E-state index in [1.807, 2.05) is 19.1 Å². The first-order chi connectivity index (χ1) is 9.08. The van der Waals surface area contributed by atoms with Gasteiger partial charge in [0.05, 0.1) is 24.9 Å². The molecule has 1 aromatic rings. The minimum absolute atomic E-state index is 0.208. The summed E-state index contributed by atoms with van der Waals surface area (Å²) in [7, 11) is 1.70. The molecule has 1 unspecified atom stereocenters. The lowest BCUT2D eigenvalue weighted by molar-refractivity contribution is 0.171. The van der Waals surface area contributed by atoms with Crippen molar-refractivity contribution in [2.75, 3.05) is 31.4 Å². The fourth-order valence-electron chi connectivity index (χ4n) is 1.62. The van der Waals surface area contributed by atoms with E-state index in [2.05, 4.69) is 24.1 Å². The van der Waals surface area contributed by atoms with Crippen molar-refractivity contribution in [3.05, 3.63) is 12.1 Å². The van der Waals surface area contributed by atoms with Crippen molar-refractivity contribution in [3.63, 3.8) is 0 Å². The Labute approximate surface area is 115 Å². The zero-order valence-electron chi connectivity index (χ0n) is 12.3. The Hall–Kier alpha value is -1.49. The number of anilines is 2. The second-order valence-electron chi connectivity index (χ2n) is 4.89. The number of nitrogen functional groups attached to an aromatic ring is 1. The Morgan fingerprint density at radius 3 is 2.68 bits per heavy atom. The Kier molecular flexibility index (Phi) is 6.42. The summed E-state index contributed by atoms with van der Waals surface area (Å²) in [6, 6.07) is 3.88. The first-order valence-corrected chi connectivity index (χ1v) is 6.73. The third-order valence-electron chi connectivity index (χ3n) is 2.82. The molecular formula is C14H25N3O2. The molecule has 0 aliphatic heterocycles. The molecule has 0 aromatic carbocycles. The molecule has 1 atom stereocenters. The zero-order valence-corrected chi connectivity index (χ0v) is 12.3. The van der Waals surface area contributed by atoms with Crippen molar-refractivity contribution in [2.24, 2.45) is 5.92 Å². The van der Waals surface area contributed by atoms with Gasteiger partial charge in [0.2, 0.25) is 5.88 Å². The third-order valence-corrected chi connectivity index (χ3v) is 2.82. The van der Waals surface area contributed by atoms with Gasteiger partial charge in [0.25, 0.3) is 0 Å². The molecule has 1 rings (SSSR count). The molecule has 3 N–H and O–H groups in total. The van der Waals surface area contributed by atoms with Gasteiger partial charge in [0, 0.05) is 7.11 Å². The maximum absolute atomic E-state index is 5.84. The second kappa shape index (κ2) is 7.84. The second-order valence-corrected chi connectivity index (χ2v) is 4.89. The predicted octanol–water partition coefficient (Wildman–Crippen LogP) is 2.54. The van der Waals surface area contributed by atoms with Crippen LogP contribution in [-0.4, -0.2) is 31.3 Å². The fraction of sp³-hybridized carbons (Fsp3) is 0.643. The molecule has 0 aliphatic rings. The van der Waals surface area contributed by atoms with Gasteiger partial charge >= 0.3 is 0 Å². The molecule has 5 heteroatoms. The van der Waals surface area contributed by atoms with E-state index in [4.69, 9.17) is 15.2 Å². The van der Waals surface area contributed by atoms with Gasteiger partial charge in [0.15, 0.2) is 0 Å². The molecule has 0 saturated carbocycles. The van der Waals surface area contributed by atoms with Gasteiger partial charge in [-0.3, -0.25) is 0 Å². The third kappa shape index (κ3) is 4.95. The van der Waals surface area contributed by atoms with Crippen molar-refractivity contribution in [1.29, 1.82) is 0 Å². The van der Waals surface area contributed by atoms with Crippen molar-refractivity contribution in [1.82, 2.24) is 4.98 Å². The SMILES string of the molecule is CCCOc1nc(NC(COC)C(C)C)ccc1N. The van der Waals surface area contributed by atoms with Crippen LogP contribution in [0.3, 0.4) is 0 Å². The molecule has 19 heavy (non-hydrogen) atoms. The molecule has 0 amide bonds. The van der Waals surface area contributed by atoms with E-state index in [1.165, 1.54) is 0 Å². The van der Waals surface area contributed by atoms with Gasteiger partial charge in [-0.15, -0.1) is 0 Å². The molecule has 0 fully saturated rings. The summed E-state index contributed by atoms with van der Waals surface area (Å²) in [5.41, 5.74) is 6.40. The summed E-state index contributed by atoms with van der Waals surface area (Å²) in [5, 5.41) is 3.35. The van der Waals surface area contributed by atoms with Gasteiger partial charge in [0.1, 0.15) is 5.82 Å². The number of hydrogen-bond donors (Lipinski definition) is 2. The highest BCUT2D eigenvalue weighted by Gasteiger charge is 2.14. The standard InChI is InChI=1S/C14H25N3O2/c1-5-8-19-14-11(15)6-7-13(17-14)16-12(9-18-4)10(2)3/h6-7,10,12H,5,8-9,15H2,1-4H3,(H,16,17). The predicted molar refractivity (Wildman–Crippen MR) is 78.6 cm³/mol. The van der Waals surface area contributed by atoms with Crippen LogP contribution in [0.1, 0.15) is 27.2 Å². The van der Waals surface area contributed by atoms with Crippen LogP contribution in [0, 0.1) is 5.92 Å². The lowest BCUT2D eigenvalue weighted by Gasteiger charge is -2.22. The van der Waals surface area contributed by atoms with Crippen LogP contribution >= 0.6 is 0 Å².